The van der Waals surface area contributed by atoms with Crippen molar-refractivity contribution in [3.05, 3.63) is 107 Å². The minimum Gasteiger partial charge on any atom is -0.258 e. The van der Waals surface area contributed by atoms with Gasteiger partial charge >= 0.3 is 11.5 Å². The molecule has 0 saturated carbocycles. The predicted molar refractivity (Wildman–Crippen MR) is 106 cm³/mol. The van der Waals surface area contributed by atoms with E-state index in [4.69, 9.17) is 23.1 Å². The quantitative estimate of drug-likeness (QED) is 0.259. The molecule has 0 N–H and O–H groups in total. The molecule has 4 rings (SSSR count). The topological polar surface area (TPSA) is 147 Å². The maximum Gasteiger partial charge on any atom is 0.361 e. The van der Waals surface area contributed by atoms with Crippen LogP contribution < -0.4 is 18.6 Å². The van der Waals surface area contributed by atoms with Crippen LogP contribution in [0.15, 0.2) is 101 Å². The van der Waals surface area contributed by atoms with Crippen molar-refractivity contribution in [2.75, 3.05) is 0 Å². The van der Waals surface area contributed by atoms with E-state index in [2.05, 4.69) is 0 Å². The highest BCUT2D eigenvalue weighted by Gasteiger charge is 2.22. The molecule has 0 spiro atoms. The average Bonchev–Trinajstić information content (AvgIpc) is 2.79. The molecule has 0 aliphatic carbocycles. The van der Waals surface area contributed by atoms with Crippen LogP contribution in [0, 0.1) is 20.4 Å². The van der Waals surface area contributed by atoms with Crippen LogP contribution in [0.1, 0.15) is 0 Å². The molecule has 1 aromatic heterocycles. The molecule has 4 aromatic rings. The Labute approximate surface area is 185 Å². The van der Waals surface area contributed by atoms with Crippen LogP contribution in [0.3, 0.4) is 0 Å². The van der Waals surface area contributed by atoms with Crippen LogP contribution in [-0.2, 0) is 0 Å². The van der Waals surface area contributed by atoms with Gasteiger partial charge < -0.3 is 0 Å². The van der Waals surface area contributed by atoms with Crippen molar-refractivity contribution in [2.45, 2.75) is 0 Å². The van der Waals surface area contributed by atoms with Crippen LogP contribution in [0.2, 0.25) is 0 Å². The number of rotatable bonds is 4. The lowest BCUT2D eigenvalue weighted by atomic mass is 10.0. The number of nitrogens with zero attached hydrogens (tertiary/aromatic N) is 1. The van der Waals surface area contributed by atoms with Gasteiger partial charge in [-0.05, 0) is 23.8 Å². The van der Waals surface area contributed by atoms with Gasteiger partial charge in [0.25, 0.3) is 5.69 Å². The molecule has 0 radical (unpaired) electrons. The fourth-order valence-corrected chi connectivity index (χ4v) is 2.96. The molecule has 0 fully saturated rings. The maximum absolute atomic E-state index is 11.1. The highest BCUT2D eigenvalue weighted by molar-refractivity contribution is 5.75. The first-order valence-corrected chi connectivity index (χ1v) is 10.4. The standard InChI is InChI=1S/C23H16NO3.ClHO4/c25-24(26)21-13-7-12-19(14-21)23-16-20(17-8-3-1-4-9-17)15-22(27-23)18-10-5-2-6-11-18;2-1(3,4)5/h1-16H;(H,2,3,4,5)/q+1;/p-1. The van der Waals surface area contributed by atoms with Crippen LogP contribution in [0.5, 0.6) is 0 Å². The summed E-state index contributed by atoms with van der Waals surface area (Å²) in [7, 11) is -4.94. The summed E-state index contributed by atoms with van der Waals surface area (Å²) in [4.78, 5) is 10.7. The largest absolute Gasteiger partial charge is 0.361 e. The van der Waals surface area contributed by atoms with Gasteiger partial charge in [0.15, 0.2) is 0 Å². The Morgan fingerprint density at radius 1 is 0.594 bits per heavy atom. The molecule has 162 valence electrons. The number of non-ortho nitro benzene ring substituents is 1. The lowest BCUT2D eigenvalue weighted by Crippen LogP contribution is -2.68. The summed E-state index contributed by atoms with van der Waals surface area (Å²) in [6, 6.07) is 30.2. The summed E-state index contributed by atoms with van der Waals surface area (Å²) in [5.41, 5.74) is 3.69. The fraction of sp³-hybridized carbons (Fsp3) is 0. The van der Waals surface area contributed by atoms with E-state index in [1.807, 2.05) is 78.9 Å². The minimum absolute atomic E-state index is 0.0362. The second-order valence-corrected chi connectivity index (χ2v) is 7.25. The number of hydrogen-bond donors (Lipinski definition) is 0. The van der Waals surface area contributed by atoms with Crippen molar-refractivity contribution < 1.29 is 38.2 Å². The zero-order chi connectivity index (χ0) is 23.1. The van der Waals surface area contributed by atoms with Gasteiger partial charge in [0, 0.05) is 17.7 Å². The Morgan fingerprint density at radius 3 is 1.59 bits per heavy atom. The third-order valence-electron chi connectivity index (χ3n) is 4.30. The van der Waals surface area contributed by atoms with Gasteiger partial charge in [-0.25, -0.2) is 23.1 Å². The zero-order valence-electron chi connectivity index (χ0n) is 16.4. The zero-order valence-corrected chi connectivity index (χ0v) is 17.2. The molecule has 0 unspecified atom stereocenters. The first kappa shape index (κ1) is 23.0. The molecule has 0 amide bonds. The molecule has 3 aromatic carbocycles. The third-order valence-corrected chi connectivity index (χ3v) is 4.30. The van der Waals surface area contributed by atoms with Crippen molar-refractivity contribution in [3.8, 4) is 33.8 Å². The number of hydrogen-bond acceptors (Lipinski definition) is 6. The van der Waals surface area contributed by atoms with E-state index in [9.17, 15) is 10.1 Å². The Bertz CT molecular complexity index is 1130. The van der Waals surface area contributed by atoms with Gasteiger partial charge in [0.2, 0.25) is 0 Å². The SMILES string of the molecule is O=[N+]([O-])c1cccc(-c2cc(-c3ccccc3)cc(-c3ccccc3)[o+]2)c1.[O-][Cl+3]([O-])([O-])[O-]. The number of halogens is 1. The summed E-state index contributed by atoms with van der Waals surface area (Å²) in [5, 5.41) is 11.1. The number of benzene rings is 3. The number of nitro benzene ring substituents is 1. The first-order chi connectivity index (χ1) is 15.2. The van der Waals surface area contributed by atoms with Crippen molar-refractivity contribution in [3.63, 3.8) is 0 Å². The van der Waals surface area contributed by atoms with E-state index < -0.39 is 15.2 Å². The molecule has 0 bridgehead atoms. The Morgan fingerprint density at radius 2 is 1.06 bits per heavy atom. The summed E-state index contributed by atoms with van der Waals surface area (Å²) in [6.45, 7) is 0. The van der Waals surface area contributed by atoms with E-state index in [1.54, 1.807) is 6.07 Å². The highest BCUT2D eigenvalue weighted by atomic mass is 35.7. The molecule has 1 heterocycles. The van der Waals surface area contributed by atoms with Gasteiger partial charge in [-0.3, -0.25) is 10.1 Å². The molecule has 32 heavy (non-hydrogen) atoms. The molecule has 9 heteroatoms. The minimum atomic E-state index is -4.94. The van der Waals surface area contributed by atoms with Crippen molar-refractivity contribution in [1.29, 1.82) is 0 Å². The molecular weight excluding hydrogens is 438 g/mol. The van der Waals surface area contributed by atoms with Crippen LogP contribution in [0.25, 0.3) is 33.8 Å². The van der Waals surface area contributed by atoms with Gasteiger partial charge in [-0.1, -0.05) is 54.6 Å². The molecule has 8 nitrogen and oxygen atoms in total. The Balaban J connectivity index is 0.000000523. The van der Waals surface area contributed by atoms with E-state index in [1.165, 1.54) is 12.1 Å². The van der Waals surface area contributed by atoms with Crippen LogP contribution in [-0.4, -0.2) is 4.92 Å². The maximum atomic E-state index is 11.1. The van der Waals surface area contributed by atoms with Crippen molar-refractivity contribution >= 4 is 5.69 Å². The van der Waals surface area contributed by atoms with E-state index in [0.29, 0.717) is 17.1 Å². The normalized spacial score (nSPS) is 10.8. The molecule has 0 aliphatic heterocycles. The lowest BCUT2D eigenvalue weighted by Gasteiger charge is -2.17. The Hall–Kier alpha value is -3.66. The number of nitro groups is 1. The first-order valence-electron chi connectivity index (χ1n) is 9.16. The molecule has 0 saturated heterocycles. The van der Waals surface area contributed by atoms with Crippen molar-refractivity contribution in [1.82, 2.24) is 0 Å². The van der Waals surface area contributed by atoms with Gasteiger partial charge in [0.1, 0.15) is 0 Å². The second kappa shape index (κ2) is 10.1. The summed E-state index contributed by atoms with van der Waals surface area (Å²) in [6.07, 6.45) is 0. The van der Waals surface area contributed by atoms with E-state index >= 15 is 0 Å². The summed E-state index contributed by atoms with van der Waals surface area (Å²) >= 11 is 0. The fourth-order valence-electron chi connectivity index (χ4n) is 2.96. The molecule has 0 aliphatic rings. The molecular formula is C23H16ClNO7. The van der Waals surface area contributed by atoms with E-state index in [-0.39, 0.29) is 5.69 Å². The predicted octanol–water partition coefficient (Wildman–Crippen LogP) is 1.71. The Kier molecular flexibility index (Phi) is 7.26. The average molecular weight is 454 g/mol. The van der Waals surface area contributed by atoms with Crippen molar-refractivity contribution in [2.24, 2.45) is 0 Å². The highest BCUT2D eigenvalue weighted by Crippen LogP contribution is 2.33. The van der Waals surface area contributed by atoms with Crippen LogP contribution >= 0.6 is 0 Å². The smallest absolute Gasteiger partial charge is 0.258 e. The van der Waals surface area contributed by atoms with E-state index in [0.717, 1.165) is 16.7 Å². The van der Waals surface area contributed by atoms with Gasteiger partial charge in [-0.2, -0.15) is 0 Å². The van der Waals surface area contributed by atoms with Gasteiger partial charge in [0.05, 0.1) is 28.2 Å². The monoisotopic (exact) mass is 453 g/mol. The second-order valence-electron chi connectivity index (χ2n) is 6.49. The summed E-state index contributed by atoms with van der Waals surface area (Å²) in [5.74, 6) is 1.29. The van der Waals surface area contributed by atoms with Gasteiger partial charge in [-0.15, -0.1) is 10.2 Å². The van der Waals surface area contributed by atoms with Crippen LogP contribution in [0.4, 0.5) is 5.69 Å². The summed E-state index contributed by atoms with van der Waals surface area (Å²) < 4.78 is 40.1. The lowest BCUT2D eigenvalue weighted by molar-refractivity contribution is -2.00. The molecule has 0 atom stereocenters. The third kappa shape index (κ3) is 6.67.